The van der Waals surface area contributed by atoms with Gasteiger partial charge in [0.05, 0.1) is 5.60 Å². The van der Waals surface area contributed by atoms with Crippen LogP contribution in [0.25, 0.3) is 0 Å². The van der Waals surface area contributed by atoms with Crippen molar-refractivity contribution in [2.24, 2.45) is 17.3 Å². The van der Waals surface area contributed by atoms with E-state index in [1.807, 2.05) is 20.8 Å². The summed E-state index contributed by atoms with van der Waals surface area (Å²) in [7, 11) is 0. The van der Waals surface area contributed by atoms with E-state index in [4.69, 9.17) is 0 Å². The summed E-state index contributed by atoms with van der Waals surface area (Å²) >= 11 is 4.46. The van der Waals surface area contributed by atoms with E-state index in [0.29, 0.717) is 11.3 Å². The van der Waals surface area contributed by atoms with Crippen molar-refractivity contribution in [2.45, 2.75) is 58.3 Å². The van der Waals surface area contributed by atoms with Crippen LogP contribution >= 0.6 is 12.6 Å². The molecule has 0 aromatic heterocycles. The van der Waals surface area contributed by atoms with E-state index < -0.39 is 5.60 Å². The third kappa shape index (κ3) is 1.51. The average Bonchev–Trinajstić information content (AvgIpc) is 2.12. The molecular weight excluding hydrogens is 192 g/mol. The van der Waals surface area contributed by atoms with Crippen LogP contribution in [0.2, 0.25) is 0 Å². The van der Waals surface area contributed by atoms with Crippen LogP contribution in [0, 0.1) is 17.3 Å². The first-order chi connectivity index (χ1) is 6.37. The summed E-state index contributed by atoms with van der Waals surface area (Å²) < 4.78 is 0. The van der Waals surface area contributed by atoms with Crippen LogP contribution in [0.15, 0.2) is 0 Å². The van der Waals surface area contributed by atoms with E-state index in [-0.39, 0.29) is 5.25 Å². The molecule has 1 nitrogen and oxygen atoms in total. The topological polar surface area (TPSA) is 20.2 Å². The third-order valence-corrected chi connectivity index (χ3v) is 5.09. The van der Waals surface area contributed by atoms with Gasteiger partial charge < -0.3 is 5.11 Å². The molecule has 0 aromatic rings. The largest absolute Gasteiger partial charge is 0.389 e. The van der Waals surface area contributed by atoms with Crippen LogP contribution in [0.4, 0.5) is 0 Å². The molecule has 0 aliphatic heterocycles. The molecule has 1 N–H and O–H groups in total. The molecule has 0 spiro atoms. The molecule has 2 heteroatoms. The van der Waals surface area contributed by atoms with Crippen LogP contribution < -0.4 is 0 Å². The summed E-state index contributed by atoms with van der Waals surface area (Å²) in [4.78, 5) is 0. The highest BCUT2D eigenvalue weighted by atomic mass is 32.1. The van der Waals surface area contributed by atoms with Gasteiger partial charge in [-0.15, -0.1) is 0 Å². The smallest absolute Gasteiger partial charge is 0.0768 e. The maximum absolute atomic E-state index is 10.2. The Morgan fingerprint density at radius 3 is 1.93 bits per heavy atom. The van der Waals surface area contributed by atoms with Crippen LogP contribution in [-0.2, 0) is 0 Å². The molecule has 3 aliphatic carbocycles. The van der Waals surface area contributed by atoms with Gasteiger partial charge in [0.15, 0.2) is 0 Å². The maximum Gasteiger partial charge on any atom is 0.0768 e. The lowest BCUT2D eigenvalue weighted by atomic mass is 9.44. The monoisotopic (exact) mass is 216 g/mol. The maximum atomic E-state index is 10.2. The van der Waals surface area contributed by atoms with Crippen LogP contribution in [0.3, 0.4) is 0 Å². The van der Waals surface area contributed by atoms with Crippen molar-refractivity contribution >= 4 is 12.6 Å². The zero-order valence-corrected chi connectivity index (χ0v) is 10.9. The van der Waals surface area contributed by atoms with Crippen molar-refractivity contribution in [1.82, 2.24) is 0 Å². The minimum atomic E-state index is -0.540. The average molecular weight is 216 g/mol. The van der Waals surface area contributed by atoms with Gasteiger partial charge in [0, 0.05) is 5.25 Å². The predicted octanol–water partition coefficient (Wildman–Crippen LogP) is 3.13. The Hall–Kier alpha value is 0.310. The molecule has 0 heterocycles. The quantitative estimate of drug-likeness (QED) is 0.596. The highest BCUT2D eigenvalue weighted by Gasteiger charge is 2.61. The summed E-state index contributed by atoms with van der Waals surface area (Å²) in [6.45, 7) is 10.5. The summed E-state index contributed by atoms with van der Waals surface area (Å²) in [6.07, 6.45) is 2.29. The van der Waals surface area contributed by atoms with Crippen LogP contribution in [-0.4, -0.2) is 16.0 Å². The lowest BCUT2D eigenvalue weighted by Gasteiger charge is -2.64. The molecular formula is C12H24OS. The fourth-order valence-electron chi connectivity index (χ4n) is 3.15. The number of aliphatic hydroxyl groups is 1. The van der Waals surface area contributed by atoms with Gasteiger partial charge in [-0.25, -0.2) is 0 Å². The molecule has 2 bridgehead atoms. The highest BCUT2D eigenvalue weighted by Crippen LogP contribution is 2.63. The van der Waals surface area contributed by atoms with Gasteiger partial charge in [0.1, 0.15) is 0 Å². The summed E-state index contributed by atoms with van der Waals surface area (Å²) in [5, 5.41) is 10.4. The molecule has 0 saturated heterocycles. The first kappa shape index (κ1) is 12.4. The van der Waals surface area contributed by atoms with E-state index in [9.17, 15) is 5.11 Å². The van der Waals surface area contributed by atoms with E-state index in [0.717, 1.165) is 12.3 Å². The van der Waals surface area contributed by atoms with Gasteiger partial charge in [0.25, 0.3) is 0 Å². The molecule has 3 aliphatic rings. The standard InChI is InChI=1S/C10H18OS.C2H6/c1-9(2)6-4-7(9)10(3,11)8(12)5-6;1-2/h6-8,11-12H,4-5H2,1-3H3;1-2H3. The number of hydrogen-bond donors (Lipinski definition) is 2. The Kier molecular flexibility index (Phi) is 3.28. The lowest BCUT2D eigenvalue weighted by Crippen LogP contribution is -2.65. The molecule has 3 rings (SSSR count). The Bertz CT molecular complexity index is 210. The fourth-order valence-corrected chi connectivity index (χ4v) is 3.58. The van der Waals surface area contributed by atoms with Crippen molar-refractivity contribution in [2.75, 3.05) is 0 Å². The van der Waals surface area contributed by atoms with E-state index in [2.05, 4.69) is 26.5 Å². The Labute approximate surface area is 93.7 Å². The minimum absolute atomic E-state index is 0.189. The zero-order chi connectivity index (χ0) is 11.1. The Morgan fingerprint density at radius 1 is 1.14 bits per heavy atom. The zero-order valence-electron chi connectivity index (χ0n) is 10.0. The Balaban J connectivity index is 0.000000461. The number of rotatable bonds is 0. The lowest BCUT2D eigenvalue weighted by molar-refractivity contribution is -0.187. The number of thiol groups is 1. The summed E-state index contributed by atoms with van der Waals surface area (Å²) in [5.41, 5.74) is -0.190. The molecule has 3 fully saturated rings. The molecule has 0 amide bonds. The van der Waals surface area contributed by atoms with Crippen LogP contribution in [0.5, 0.6) is 0 Å². The number of hydrogen-bond acceptors (Lipinski definition) is 2. The van der Waals surface area contributed by atoms with Gasteiger partial charge >= 0.3 is 0 Å². The first-order valence-electron chi connectivity index (χ1n) is 5.77. The van der Waals surface area contributed by atoms with Gasteiger partial charge in [-0.1, -0.05) is 27.7 Å². The van der Waals surface area contributed by atoms with E-state index >= 15 is 0 Å². The molecule has 84 valence electrons. The van der Waals surface area contributed by atoms with Crippen molar-refractivity contribution in [3.8, 4) is 0 Å². The minimum Gasteiger partial charge on any atom is -0.389 e. The van der Waals surface area contributed by atoms with Crippen molar-refractivity contribution < 1.29 is 5.11 Å². The summed E-state index contributed by atoms with van der Waals surface area (Å²) in [5.74, 6) is 1.26. The predicted molar refractivity (Wildman–Crippen MR) is 64.7 cm³/mol. The van der Waals surface area contributed by atoms with Gasteiger partial charge in [-0.3, -0.25) is 0 Å². The van der Waals surface area contributed by atoms with E-state index in [1.165, 1.54) is 6.42 Å². The van der Waals surface area contributed by atoms with Crippen LogP contribution in [0.1, 0.15) is 47.5 Å². The normalized spacial score (nSPS) is 48.6. The van der Waals surface area contributed by atoms with Gasteiger partial charge in [-0.2, -0.15) is 12.6 Å². The first-order valence-corrected chi connectivity index (χ1v) is 6.29. The second kappa shape index (κ2) is 3.71. The fraction of sp³-hybridized carbons (Fsp3) is 1.00. The third-order valence-electron chi connectivity index (χ3n) is 4.36. The molecule has 0 radical (unpaired) electrons. The second-order valence-electron chi connectivity index (χ2n) is 5.28. The van der Waals surface area contributed by atoms with Gasteiger partial charge in [0.2, 0.25) is 0 Å². The highest BCUT2D eigenvalue weighted by molar-refractivity contribution is 7.81. The van der Waals surface area contributed by atoms with Crippen molar-refractivity contribution in [1.29, 1.82) is 0 Å². The van der Waals surface area contributed by atoms with Crippen molar-refractivity contribution in [3.05, 3.63) is 0 Å². The van der Waals surface area contributed by atoms with Gasteiger partial charge in [-0.05, 0) is 37.0 Å². The molecule has 0 aromatic carbocycles. The molecule has 3 saturated carbocycles. The molecule has 14 heavy (non-hydrogen) atoms. The summed E-state index contributed by atoms with van der Waals surface area (Å²) in [6, 6.07) is 0. The van der Waals surface area contributed by atoms with E-state index in [1.54, 1.807) is 0 Å². The number of fused-ring (bicyclic) bond motifs is 2. The molecule has 4 unspecified atom stereocenters. The molecule has 4 atom stereocenters. The van der Waals surface area contributed by atoms with Crippen molar-refractivity contribution in [3.63, 3.8) is 0 Å². The Morgan fingerprint density at radius 2 is 1.64 bits per heavy atom. The second-order valence-corrected chi connectivity index (χ2v) is 5.91. The SMILES string of the molecule is CC.CC1(C)C2CC(S)C(C)(O)C1C2.